The van der Waals surface area contributed by atoms with Gasteiger partial charge in [-0.2, -0.15) is 5.26 Å². The van der Waals surface area contributed by atoms with E-state index in [-0.39, 0.29) is 5.91 Å². The van der Waals surface area contributed by atoms with E-state index in [1.807, 2.05) is 6.92 Å². The second-order valence-corrected chi connectivity index (χ2v) is 2.60. The summed E-state index contributed by atoms with van der Waals surface area (Å²) in [6.45, 7) is 1.91. The molecule has 1 saturated heterocycles. The summed E-state index contributed by atoms with van der Waals surface area (Å²) in [6.07, 6.45) is 1.87. The van der Waals surface area contributed by atoms with Crippen LogP contribution >= 0.6 is 0 Å². The van der Waals surface area contributed by atoms with Gasteiger partial charge in [0.1, 0.15) is 5.54 Å². The van der Waals surface area contributed by atoms with Gasteiger partial charge in [-0.3, -0.25) is 4.79 Å². The molecule has 1 heterocycles. The molecule has 1 aliphatic heterocycles. The molecule has 1 unspecified atom stereocenters. The van der Waals surface area contributed by atoms with Gasteiger partial charge >= 0.3 is 0 Å². The Balaban J connectivity index is 2.71. The molecular formula is C7H10N2O. The van der Waals surface area contributed by atoms with Gasteiger partial charge in [0.05, 0.1) is 6.07 Å². The van der Waals surface area contributed by atoms with E-state index >= 15 is 0 Å². The van der Waals surface area contributed by atoms with Crippen LogP contribution in [0.15, 0.2) is 0 Å². The highest BCUT2D eigenvalue weighted by Gasteiger charge is 2.35. The van der Waals surface area contributed by atoms with Crippen molar-refractivity contribution >= 4 is 5.91 Å². The Labute approximate surface area is 60.0 Å². The van der Waals surface area contributed by atoms with Crippen molar-refractivity contribution in [2.75, 3.05) is 0 Å². The topological polar surface area (TPSA) is 52.9 Å². The van der Waals surface area contributed by atoms with Crippen LogP contribution in [-0.2, 0) is 4.79 Å². The highest BCUT2D eigenvalue weighted by Crippen LogP contribution is 2.21. The minimum absolute atomic E-state index is 0.00315. The SMILES string of the molecule is CCC1(C#N)CCC(=O)N1. The molecule has 3 nitrogen and oxygen atoms in total. The summed E-state index contributed by atoms with van der Waals surface area (Å²) in [7, 11) is 0. The second kappa shape index (κ2) is 2.30. The first-order chi connectivity index (χ1) is 4.72. The molecule has 3 heteroatoms. The molecule has 0 spiro atoms. The van der Waals surface area contributed by atoms with Gasteiger partial charge in [0, 0.05) is 6.42 Å². The molecular weight excluding hydrogens is 128 g/mol. The van der Waals surface area contributed by atoms with Crippen LogP contribution in [-0.4, -0.2) is 11.4 Å². The van der Waals surface area contributed by atoms with E-state index in [0.717, 1.165) is 0 Å². The van der Waals surface area contributed by atoms with Crippen LogP contribution in [0.1, 0.15) is 26.2 Å². The number of rotatable bonds is 1. The van der Waals surface area contributed by atoms with Crippen LogP contribution < -0.4 is 5.32 Å². The Kier molecular flexibility index (Phi) is 1.62. The van der Waals surface area contributed by atoms with Crippen LogP contribution in [0.2, 0.25) is 0 Å². The summed E-state index contributed by atoms with van der Waals surface area (Å²) in [5, 5.41) is 11.3. The molecule has 1 fully saturated rings. The molecule has 54 valence electrons. The van der Waals surface area contributed by atoms with E-state index in [2.05, 4.69) is 11.4 Å². The third-order valence-electron chi connectivity index (χ3n) is 1.98. The molecule has 0 radical (unpaired) electrons. The summed E-state index contributed by atoms with van der Waals surface area (Å²) in [6, 6.07) is 2.13. The number of carbonyl (C=O) groups excluding carboxylic acids is 1. The summed E-state index contributed by atoms with van der Waals surface area (Å²) in [5.74, 6) is 0.00315. The fraction of sp³-hybridized carbons (Fsp3) is 0.714. The number of amides is 1. The molecule has 1 amide bonds. The predicted octanol–water partition coefficient (Wildman–Crippen LogP) is 0.569. The Morgan fingerprint density at radius 2 is 2.60 bits per heavy atom. The van der Waals surface area contributed by atoms with Gasteiger partial charge in [-0.15, -0.1) is 0 Å². The minimum Gasteiger partial charge on any atom is -0.338 e. The van der Waals surface area contributed by atoms with Gasteiger partial charge in [-0.1, -0.05) is 6.92 Å². The monoisotopic (exact) mass is 138 g/mol. The average Bonchev–Trinajstić information content (AvgIpc) is 2.33. The van der Waals surface area contributed by atoms with Gasteiger partial charge in [0.15, 0.2) is 0 Å². The number of nitrogens with zero attached hydrogens (tertiary/aromatic N) is 1. The minimum atomic E-state index is -0.545. The molecule has 1 rings (SSSR count). The molecule has 0 saturated carbocycles. The third kappa shape index (κ3) is 0.971. The lowest BCUT2D eigenvalue weighted by Crippen LogP contribution is -2.39. The normalized spacial score (nSPS) is 31.4. The van der Waals surface area contributed by atoms with Crippen molar-refractivity contribution in [2.24, 2.45) is 0 Å². The van der Waals surface area contributed by atoms with E-state index in [0.29, 0.717) is 19.3 Å². The Hall–Kier alpha value is -1.04. The lowest BCUT2D eigenvalue weighted by atomic mass is 9.97. The van der Waals surface area contributed by atoms with Gasteiger partial charge in [0.2, 0.25) is 5.91 Å². The maximum atomic E-state index is 10.7. The van der Waals surface area contributed by atoms with Crippen molar-refractivity contribution < 1.29 is 4.79 Å². The van der Waals surface area contributed by atoms with Crippen LogP contribution in [0.5, 0.6) is 0 Å². The van der Waals surface area contributed by atoms with Gasteiger partial charge < -0.3 is 5.32 Å². The lowest BCUT2D eigenvalue weighted by molar-refractivity contribution is -0.119. The van der Waals surface area contributed by atoms with Crippen LogP contribution in [0.3, 0.4) is 0 Å². The van der Waals surface area contributed by atoms with Gasteiger partial charge in [-0.25, -0.2) is 0 Å². The number of nitriles is 1. The Morgan fingerprint density at radius 3 is 2.80 bits per heavy atom. The van der Waals surface area contributed by atoms with Crippen molar-refractivity contribution in [3.63, 3.8) is 0 Å². The van der Waals surface area contributed by atoms with E-state index in [4.69, 9.17) is 5.26 Å². The van der Waals surface area contributed by atoms with E-state index < -0.39 is 5.54 Å². The summed E-state index contributed by atoms with van der Waals surface area (Å²) in [5.41, 5.74) is -0.545. The molecule has 0 bridgehead atoms. The first-order valence-corrected chi connectivity index (χ1v) is 3.45. The van der Waals surface area contributed by atoms with E-state index in [9.17, 15) is 4.79 Å². The highest BCUT2D eigenvalue weighted by atomic mass is 16.2. The quantitative estimate of drug-likeness (QED) is 0.575. The number of hydrogen-bond acceptors (Lipinski definition) is 2. The van der Waals surface area contributed by atoms with Gasteiger partial charge in [-0.05, 0) is 12.8 Å². The first kappa shape index (κ1) is 7.07. The zero-order chi connectivity index (χ0) is 7.61. The highest BCUT2D eigenvalue weighted by molar-refractivity contribution is 5.80. The summed E-state index contributed by atoms with van der Waals surface area (Å²) < 4.78 is 0. The number of nitrogens with one attached hydrogen (secondary N) is 1. The largest absolute Gasteiger partial charge is 0.338 e. The van der Waals surface area contributed by atoms with Crippen molar-refractivity contribution in [3.05, 3.63) is 0 Å². The van der Waals surface area contributed by atoms with Crippen molar-refractivity contribution in [1.82, 2.24) is 5.32 Å². The zero-order valence-electron chi connectivity index (χ0n) is 5.98. The van der Waals surface area contributed by atoms with Crippen molar-refractivity contribution in [2.45, 2.75) is 31.7 Å². The maximum absolute atomic E-state index is 10.7. The zero-order valence-corrected chi connectivity index (χ0v) is 5.98. The van der Waals surface area contributed by atoms with Gasteiger partial charge in [0.25, 0.3) is 0 Å². The maximum Gasteiger partial charge on any atom is 0.221 e. The van der Waals surface area contributed by atoms with Crippen molar-refractivity contribution in [3.8, 4) is 6.07 Å². The lowest BCUT2D eigenvalue weighted by Gasteiger charge is -2.16. The molecule has 0 aromatic carbocycles. The smallest absolute Gasteiger partial charge is 0.221 e. The van der Waals surface area contributed by atoms with Crippen LogP contribution in [0, 0.1) is 11.3 Å². The Bertz CT molecular complexity index is 194. The summed E-state index contributed by atoms with van der Waals surface area (Å²) >= 11 is 0. The van der Waals surface area contributed by atoms with Crippen LogP contribution in [0.4, 0.5) is 0 Å². The number of hydrogen-bond donors (Lipinski definition) is 1. The van der Waals surface area contributed by atoms with E-state index in [1.54, 1.807) is 0 Å². The van der Waals surface area contributed by atoms with Crippen LogP contribution in [0.25, 0.3) is 0 Å². The predicted molar refractivity (Wildman–Crippen MR) is 36.0 cm³/mol. The Morgan fingerprint density at radius 1 is 1.90 bits per heavy atom. The summed E-state index contributed by atoms with van der Waals surface area (Å²) in [4.78, 5) is 10.7. The van der Waals surface area contributed by atoms with E-state index in [1.165, 1.54) is 0 Å². The molecule has 1 aliphatic rings. The molecule has 1 N–H and O–H groups in total. The molecule has 10 heavy (non-hydrogen) atoms. The average molecular weight is 138 g/mol. The molecule has 1 atom stereocenters. The number of carbonyl (C=O) groups is 1. The molecule has 0 aromatic heterocycles. The standard InChI is InChI=1S/C7H10N2O/c1-2-7(5-8)4-3-6(10)9-7/h2-4H2,1H3,(H,9,10). The fourth-order valence-electron chi connectivity index (χ4n) is 1.15. The second-order valence-electron chi connectivity index (χ2n) is 2.60. The molecule has 0 aliphatic carbocycles. The third-order valence-corrected chi connectivity index (χ3v) is 1.98. The molecule has 0 aromatic rings. The fourth-order valence-corrected chi connectivity index (χ4v) is 1.15. The first-order valence-electron chi connectivity index (χ1n) is 3.45. The van der Waals surface area contributed by atoms with Crippen molar-refractivity contribution in [1.29, 1.82) is 5.26 Å².